The molecule has 0 radical (unpaired) electrons. The van der Waals surface area contributed by atoms with Crippen molar-refractivity contribution in [1.29, 1.82) is 0 Å². The zero-order chi connectivity index (χ0) is 20.5. The van der Waals surface area contributed by atoms with Crippen molar-refractivity contribution in [2.45, 2.75) is 26.4 Å². The van der Waals surface area contributed by atoms with Crippen LogP contribution in [0.15, 0.2) is 54.6 Å². The Morgan fingerprint density at radius 1 is 1.00 bits per heavy atom. The highest BCUT2D eigenvalue weighted by molar-refractivity contribution is 5.97. The molecule has 2 aromatic rings. The Kier molecular flexibility index (Phi) is 7.68. The van der Waals surface area contributed by atoms with Gasteiger partial charge in [-0.25, -0.2) is 9.18 Å². The third-order valence-corrected chi connectivity index (χ3v) is 3.99. The van der Waals surface area contributed by atoms with Crippen LogP contribution in [-0.2, 0) is 20.9 Å². The number of nitrogens with one attached hydrogen (secondary N) is 2. The van der Waals surface area contributed by atoms with Crippen molar-refractivity contribution in [3.63, 3.8) is 0 Å². The Hall–Kier alpha value is -3.22. The molecule has 28 heavy (non-hydrogen) atoms. The molecule has 2 aromatic carbocycles. The van der Waals surface area contributed by atoms with Gasteiger partial charge in [0.25, 0.3) is 11.8 Å². The maximum Gasteiger partial charge on any atom is 0.329 e. The smallest absolute Gasteiger partial charge is 0.329 e. The number of esters is 1. The van der Waals surface area contributed by atoms with E-state index >= 15 is 0 Å². The average molecular weight is 386 g/mol. The minimum Gasteiger partial charge on any atom is -0.454 e. The normalized spacial score (nSPS) is 11.6. The molecule has 1 unspecified atom stereocenters. The van der Waals surface area contributed by atoms with Gasteiger partial charge in [0, 0.05) is 12.1 Å². The highest BCUT2D eigenvalue weighted by Gasteiger charge is 2.26. The Morgan fingerprint density at radius 2 is 1.64 bits per heavy atom. The van der Waals surface area contributed by atoms with Crippen LogP contribution < -0.4 is 10.6 Å². The van der Waals surface area contributed by atoms with Gasteiger partial charge in [0.1, 0.15) is 11.9 Å². The van der Waals surface area contributed by atoms with E-state index in [4.69, 9.17) is 4.74 Å². The molecule has 0 aliphatic carbocycles. The fourth-order valence-corrected chi connectivity index (χ4v) is 2.39. The van der Waals surface area contributed by atoms with Gasteiger partial charge in [0.15, 0.2) is 6.61 Å². The Bertz CT molecular complexity index is 807. The first-order chi connectivity index (χ1) is 13.4. The minimum absolute atomic E-state index is 0.190. The molecule has 0 aliphatic rings. The summed E-state index contributed by atoms with van der Waals surface area (Å²) in [7, 11) is 0. The largest absolute Gasteiger partial charge is 0.454 e. The second kappa shape index (κ2) is 10.2. The van der Waals surface area contributed by atoms with Crippen LogP contribution in [0.4, 0.5) is 4.39 Å². The fourth-order valence-electron chi connectivity index (χ4n) is 2.39. The molecule has 6 nitrogen and oxygen atoms in total. The second-order valence-electron chi connectivity index (χ2n) is 6.57. The molecule has 0 heterocycles. The molecule has 0 bridgehead atoms. The van der Waals surface area contributed by atoms with Crippen molar-refractivity contribution in [2.75, 3.05) is 6.61 Å². The number of benzene rings is 2. The predicted molar refractivity (Wildman–Crippen MR) is 102 cm³/mol. The zero-order valence-corrected chi connectivity index (χ0v) is 15.8. The molecule has 2 amide bonds. The quantitative estimate of drug-likeness (QED) is 0.683. The maximum atomic E-state index is 12.9. The number of halogens is 1. The molecule has 0 fully saturated rings. The van der Waals surface area contributed by atoms with E-state index in [1.165, 1.54) is 12.1 Å². The molecule has 7 heteroatoms. The monoisotopic (exact) mass is 386 g/mol. The van der Waals surface area contributed by atoms with Crippen LogP contribution in [0.3, 0.4) is 0 Å². The number of rotatable bonds is 8. The van der Waals surface area contributed by atoms with Gasteiger partial charge >= 0.3 is 5.97 Å². The summed E-state index contributed by atoms with van der Waals surface area (Å²) in [6, 6.07) is 13.3. The molecule has 1 atom stereocenters. The summed E-state index contributed by atoms with van der Waals surface area (Å²) < 4.78 is 17.9. The molecule has 0 aromatic heterocycles. The number of amides is 2. The van der Waals surface area contributed by atoms with Crippen LogP contribution in [0, 0.1) is 11.7 Å². The summed E-state index contributed by atoms with van der Waals surface area (Å²) in [6.07, 6.45) is 0. The third-order valence-electron chi connectivity index (χ3n) is 3.99. The molecule has 0 aliphatic heterocycles. The molecule has 2 rings (SSSR count). The first-order valence-electron chi connectivity index (χ1n) is 8.90. The first kappa shape index (κ1) is 21.1. The van der Waals surface area contributed by atoms with Crippen molar-refractivity contribution in [3.05, 3.63) is 71.5 Å². The Balaban J connectivity index is 1.83. The van der Waals surface area contributed by atoms with E-state index in [1.54, 1.807) is 56.3 Å². The van der Waals surface area contributed by atoms with Gasteiger partial charge in [0.05, 0.1) is 0 Å². The van der Waals surface area contributed by atoms with Gasteiger partial charge in [-0.2, -0.15) is 0 Å². The van der Waals surface area contributed by atoms with Crippen molar-refractivity contribution >= 4 is 17.8 Å². The van der Waals surface area contributed by atoms with Crippen molar-refractivity contribution in [1.82, 2.24) is 10.6 Å². The summed E-state index contributed by atoms with van der Waals surface area (Å²) >= 11 is 0. The molecular weight excluding hydrogens is 363 g/mol. The molecule has 148 valence electrons. The van der Waals surface area contributed by atoms with Crippen LogP contribution in [0.2, 0.25) is 0 Å². The van der Waals surface area contributed by atoms with Crippen LogP contribution in [-0.4, -0.2) is 30.4 Å². The lowest BCUT2D eigenvalue weighted by atomic mass is 10.0. The lowest BCUT2D eigenvalue weighted by molar-refractivity contribution is -0.151. The summed E-state index contributed by atoms with van der Waals surface area (Å²) in [5.41, 5.74) is 1.15. The van der Waals surface area contributed by atoms with Crippen LogP contribution >= 0.6 is 0 Å². The van der Waals surface area contributed by atoms with Crippen LogP contribution in [0.1, 0.15) is 29.8 Å². The minimum atomic E-state index is -0.877. The molecular formula is C21H23FN2O4. The summed E-state index contributed by atoms with van der Waals surface area (Å²) in [5, 5.41) is 5.22. The van der Waals surface area contributed by atoms with E-state index in [0.29, 0.717) is 5.56 Å². The van der Waals surface area contributed by atoms with Gasteiger partial charge in [-0.15, -0.1) is 0 Å². The van der Waals surface area contributed by atoms with Gasteiger partial charge in [0.2, 0.25) is 0 Å². The zero-order valence-electron chi connectivity index (χ0n) is 15.8. The topological polar surface area (TPSA) is 84.5 Å². The predicted octanol–water partition coefficient (Wildman–Crippen LogP) is 2.44. The number of carbonyl (C=O) groups is 3. The van der Waals surface area contributed by atoms with Gasteiger partial charge in [-0.3, -0.25) is 9.59 Å². The van der Waals surface area contributed by atoms with Crippen LogP contribution in [0.25, 0.3) is 0 Å². The van der Waals surface area contributed by atoms with Crippen molar-refractivity contribution in [2.24, 2.45) is 5.92 Å². The number of ether oxygens (including phenoxy) is 1. The van der Waals surface area contributed by atoms with Gasteiger partial charge < -0.3 is 15.4 Å². The van der Waals surface area contributed by atoms with Crippen molar-refractivity contribution < 1.29 is 23.5 Å². The highest BCUT2D eigenvalue weighted by Crippen LogP contribution is 2.07. The van der Waals surface area contributed by atoms with E-state index in [-0.39, 0.29) is 18.3 Å². The molecule has 0 saturated heterocycles. The standard InChI is InChI=1S/C21H23FN2O4/c1-14(2)19(24-20(26)16-6-4-3-5-7-16)21(27)28-13-18(25)23-12-15-8-10-17(22)11-9-15/h3-11,14,19H,12-13H2,1-2H3,(H,23,25)(H,24,26). The summed E-state index contributed by atoms with van der Waals surface area (Å²) in [5.74, 6) is -2.15. The van der Waals surface area contributed by atoms with Crippen LogP contribution in [0.5, 0.6) is 0 Å². The Labute approximate surface area is 163 Å². The average Bonchev–Trinajstić information content (AvgIpc) is 2.70. The van der Waals surface area contributed by atoms with E-state index in [9.17, 15) is 18.8 Å². The second-order valence-corrected chi connectivity index (χ2v) is 6.57. The number of hydrogen-bond donors (Lipinski definition) is 2. The maximum absolute atomic E-state index is 12.9. The molecule has 0 spiro atoms. The lowest BCUT2D eigenvalue weighted by Crippen LogP contribution is -2.46. The van der Waals surface area contributed by atoms with Crippen molar-refractivity contribution in [3.8, 4) is 0 Å². The lowest BCUT2D eigenvalue weighted by Gasteiger charge is -2.20. The van der Waals surface area contributed by atoms with Gasteiger partial charge in [-0.05, 0) is 35.7 Å². The number of carbonyl (C=O) groups excluding carboxylic acids is 3. The van der Waals surface area contributed by atoms with Gasteiger partial charge in [-0.1, -0.05) is 44.2 Å². The summed E-state index contributed by atoms with van der Waals surface area (Å²) in [4.78, 5) is 36.4. The van der Waals surface area contributed by atoms with E-state index in [1.807, 2.05) is 0 Å². The van der Waals surface area contributed by atoms with E-state index in [0.717, 1.165) is 5.56 Å². The van der Waals surface area contributed by atoms with E-state index in [2.05, 4.69) is 10.6 Å². The third kappa shape index (κ3) is 6.50. The number of hydrogen-bond acceptors (Lipinski definition) is 4. The Morgan fingerprint density at radius 3 is 2.25 bits per heavy atom. The van der Waals surface area contributed by atoms with E-state index < -0.39 is 30.4 Å². The molecule has 2 N–H and O–H groups in total. The fraction of sp³-hybridized carbons (Fsp3) is 0.286. The SMILES string of the molecule is CC(C)C(NC(=O)c1ccccc1)C(=O)OCC(=O)NCc1ccc(F)cc1. The first-order valence-corrected chi connectivity index (χ1v) is 8.90. The highest BCUT2D eigenvalue weighted by atomic mass is 19.1. The molecule has 0 saturated carbocycles. The summed E-state index contributed by atoms with van der Waals surface area (Å²) in [6.45, 7) is 3.26.